The van der Waals surface area contributed by atoms with E-state index in [0.29, 0.717) is 16.3 Å². The first kappa shape index (κ1) is 21.2. The van der Waals surface area contributed by atoms with E-state index in [4.69, 9.17) is 16.3 Å². The molecule has 0 bridgehead atoms. The molecule has 0 unspecified atom stereocenters. The Balaban J connectivity index is 2.04. The number of anilines is 1. The summed E-state index contributed by atoms with van der Waals surface area (Å²) in [6.07, 6.45) is 6.92. The number of rotatable bonds is 6. The van der Waals surface area contributed by atoms with E-state index in [9.17, 15) is 14.4 Å². The van der Waals surface area contributed by atoms with Crippen molar-refractivity contribution in [3.05, 3.63) is 28.8 Å². The summed E-state index contributed by atoms with van der Waals surface area (Å²) in [5.41, 5.74) is 0.695. The molecular weight excluding hydrogens is 368 g/mol. The zero-order chi connectivity index (χ0) is 19.8. The number of hydrogen-bond acceptors (Lipinski definition) is 4. The van der Waals surface area contributed by atoms with Gasteiger partial charge >= 0.3 is 5.97 Å². The zero-order valence-corrected chi connectivity index (χ0v) is 16.7. The Bertz CT molecular complexity index is 685. The normalized spacial score (nSPS) is 14.9. The van der Waals surface area contributed by atoms with Gasteiger partial charge in [-0.2, -0.15) is 0 Å². The first-order valence-electron chi connectivity index (χ1n) is 9.37. The van der Waals surface area contributed by atoms with Crippen LogP contribution in [-0.4, -0.2) is 37.5 Å². The van der Waals surface area contributed by atoms with Crippen molar-refractivity contribution in [3.63, 3.8) is 0 Å². The third kappa shape index (κ3) is 6.24. The molecule has 1 aromatic carbocycles. The molecule has 1 N–H and O–H groups in total. The molecule has 0 spiro atoms. The van der Waals surface area contributed by atoms with Gasteiger partial charge in [-0.15, -0.1) is 0 Å². The second kappa shape index (κ2) is 10.3. The minimum Gasteiger partial charge on any atom is -0.465 e. The van der Waals surface area contributed by atoms with Gasteiger partial charge in [0.25, 0.3) is 0 Å². The van der Waals surface area contributed by atoms with E-state index in [0.717, 1.165) is 25.7 Å². The molecule has 0 saturated heterocycles. The summed E-state index contributed by atoms with van der Waals surface area (Å²) in [7, 11) is 1.29. The summed E-state index contributed by atoms with van der Waals surface area (Å²) in [6.45, 7) is 1.60. The van der Waals surface area contributed by atoms with Crippen LogP contribution in [0.25, 0.3) is 0 Å². The largest absolute Gasteiger partial charge is 0.465 e. The molecule has 27 heavy (non-hydrogen) atoms. The van der Waals surface area contributed by atoms with Crippen LogP contribution in [0.3, 0.4) is 0 Å². The fraction of sp³-hybridized carbons (Fsp3) is 0.550. The maximum Gasteiger partial charge on any atom is 0.337 e. The van der Waals surface area contributed by atoms with E-state index in [1.54, 1.807) is 6.07 Å². The molecule has 0 radical (unpaired) electrons. The number of carbonyl (C=O) groups excluding carboxylic acids is 3. The van der Waals surface area contributed by atoms with Crippen molar-refractivity contribution in [2.75, 3.05) is 18.6 Å². The van der Waals surface area contributed by atoms with Crippen molar-refractivity contribution < 1.29 is 19.1 Å². The van der Waals surface area contributed by atoms with Crippen LogP contribution in [0.5, 0.6) is 0 Å². The first-order chi connectivity index (χ1) is 12.9. The van der Waals surface area contributed by atoms with Crippen molar-refractivity contribution in [3.8, 4) is 0 Å². The molecule has 0 aromatic heterocycles. The molecule has 1 aliphatic rings. The van der Waals surface area contributed by atoms with Gasteiger partial charge in [-0.3, -0.25) is 9.59 Å². The number of nitrogens with zero attached hydrogens (tertiary/aromatic N) is 1. The Labute approximate surface area is 165 Å². The Hall–Kier alpha value is -2.08. The summed E-state index contributed by atoms with van der Waals surface area (Å²) in [5.74, 6) is -0.836. The molecule has 2 amide bonds. The van der Waals surface area contributed by atoms with Crippen LogP contribution in [0.15, 0.2) is 18.2 Å². The lowest BCUT2D eigenvalue weighted by Crippen LogP contribution is -2.38. The van der Waals surface area contributed by atoms with E-state index < -0.39 is 5.97 Å². The molecule has 6 nitrogen and oxygen atoms in total. The molecule has 0 atom stereocenters. The number of esters is 1. The zero-order valence-electron chi connectivity index (χ0n) is 15.9. The van der Waals surface area contributed by atoms with Crippen LogP contribution < -0.4 is 10.2 Å². The monoisotopic (exact) mass is 394 g/mol. The van der Waals surface area contributed by atoms with Gasteiger partial charge in [-0.25, -0.2) is 4.79 Å². The molecule has 2 rings (SSSR count). The number of benzene rings is 1. The third-order valence-corrected chi connectivity index (χ3v) is 5.14. The van der Waals surface area contributed by atoms with Crippen molar-refractivity contribution >= 4 is 35.1 Å². The smallest absolute Gasteiger partial charge is 0.337 e. The Kier molecular flexibility index (Phi) is 8.10. The fourth-order valence-corrected chi connectivity index (χ4v) is 3.57. The van der Waals surface area contributed by atoms with Gasteiger partial charge in [-0.1, -0.05) is 37.3 Å². The van der Waals surface area contributed by atoms with Crippen LogP contribution in [0.4, 0.5) is 5.69 Å². The topological polar surface area (TPSA) is 75.7 Å². The van der Waals surface area contributed by atoms with Crippen molar-refractivity contribution in [1.82, 2.24) is 5.32 Å². The quantitative estimate of drug-likeness (QED) is 0.589. The van der Waals surface area contributed by atoms with Crippen LogP contribution in [-0.2, 0) is 14.3 Å². The molecular formula is C20H27ClN2O4. The maximum atomic E-state index is 12.3. The highest BCUT2D eigenvalue weighted by molar-refractivity contribution is 6.34. The van der Waals surface area contributed by atoms with E-state index in [1.165, 1.54) is 43.9 Å². The predicted molar refractivity (Wildman–Crippen MR) is 105 cm³/mol. The summed E-state index contributed by atoms with van der Waals surface area (Å²) < 4.78 is 4.71. The molecule has 0 heterocycles. The molecule has 7 heteroatoms. The highest BCUT2D eigenvalue weighted by Gasteiger charge is 2.20. The van der Waals surface area contributed by atoms with E-state index in [1.807, 2.05) is 0 Å². The Morgan fingerprint density at radius 2 is 1.85 bits per heavy atom. The number of ether oxygens (including phenoxy) is 1. The summed E-state index contributed by atoms with van der Waals surface area (Å²) >= 11 is 6.23. The van der Waals surface area contributed by atoms with Crippen molar-refractivity contribution in [1.29, 1.82) is 0 Å². The summed E-state index contributed by atoms with van der Waals surface area (Å²) in [6, 6.07) is 4.81. The SMILES string of the molecule is COC(=O)c1ccc(Cl)c(N(CCC(=O)NC2CCCCCC2)C(C)=O)c1. The predicted octanol–water partition coefficient (Wildman–Crippen LogP) is 3.71. The number of halogens is 1. The van der Waals surface area contributed by atoms with Crippen LogP contribution in [0.1, 0.15) is 62.2 Å². The highest BCUT2D eigenvalue weighted by atomic mass is 35.5. The number of hydrogen-bond donors (Lipinski definition) is 1. The summed E-state index contributed by atoms with van der Waals surface area (Å²) in [4.78, 5) is 37.6. The minimum absolute atomic E-state index is 0.0756. The Morgan fingerprint density at radius 3 is 2.44 bits per heavy atom. The molecule has 0 aliphatic heterocycles. The average molecular weight is 395 g/mol. The lowest BCUT2D eigenvalue weighted by atomic mass is 10.1. The van der Waals surface area contributed by atoms with E-state index in [2.05, 4.69) is 5.32 Å². The fourth-order valence-electron chi connectivity index (χ4n) is 3.35. The highest BCUT2D eigenvalue weighted by Crippen LogP contribution is 2.28. The van der Waals surface area contributed by atoms with Gasteiger partial charge in [0, 0.05) is 25.9 Å². The van der Waals surface area contributed by atoms with Crippen molar-refractivity contribution in [2.24, 2.45) is 0 Å². The maximum absolute atomic E-state index is 12.3. The third-order valence-electron chi connectivity index (χ3n) is 4.82. The Morgan fingerprint density at radius 1 is 1.19 bits per heavy atom. The van der Waals surface area contributed by atoms with E-state index in [-0.39, 0.29) is 30.8 Å². The molecule has 1 aliphatic carbocycles. The number of carbonyl (C=O) groups is 3. The number of amides is 2. The second-order valence-corrected chi connectivity index (χ2v) is 7.24. The average Bonchev–Trinajstić information content (AvgIpc) is 2.91. The van der Waals surface area contributed by atoms with Gasteiger partial charge in [0.15, 0.2) is 0 Å². The minimum atomic E-state index is -0.512. The first-order valence-corrected chi connectivity index (χ1v) is 9.75. The van der Waals surface area contributed by atoms with Crippen LogP contribution >= 0.6 is 11.6 Å². The molecule has 1 fully saturated rings. The van der Waals surface area contributed by atoms with Crippen LogP contribution in [0, 0.1) is 0 Å². The summed E-state index contributed by atoms with van der Waals surface area (Å²) in [5, 5.41) is 3.41. The van der Waals surface area contributed by atoms with Gasteiger partial charge < -0.3 is 15.0 Å². The molecule has 1 saturated carbocycles. The standard InChI is InChI=1S/C20H27ClN2O4/c1-14(24)23(18-13-15(20(26)27-2)9-10-17(18)21)12-11-19(25)22-16-7-5-3-4-6-8-16/h9-10,13,16H,3-8,11-12H2,1-2H3,(H,22,25). The lowest BCUT2D eigenvalue weighted by molar-refractivity contribution is -0.121. The van der Waals surface area contributed by atoms with Gasteiger partial charge in [0.1, 0.15) is 0 Å². The van der Waals surface area contributed by atoms with Crippen LogP contribution in [0.2, 0.25) is 5.02 Å². The van der Waals surface area contributed by atoms with Crippen molar-refractivity contribution in [2.45, 2.75) is 57.9 Å². The van der Waals surface area contributed by atoms with Gasteiger partial charge in [-0.05, 0) is 31.0 Å². The van der Waals surface area contributed by atoms with Gasteiger partial charge in [0.2, 0.25) is 11.8 Å². The van der Waals surface area contributed by atoms with Gasteiger partial charge in [0.05, 0.1) is 23.4 Å². The number of methoxy groups -OCH3 is 1. The molecule has 1 aromatic rings. The van der Waals surface area contributed by atoms with E-state index >= 15 is 0 Å². The lowest BCUT2D eigenvalue weighted by Gasteiger charge is -2.23. The number of nitrogens with one attached hydrogen (secondary N) is 1. The molecule has 148 valence electrons. The second-order valence-electron chi connectivity index (χ2n) is 6.83.